The fraction of sp³-hybridized carbons (Fsp3) is 0.280. The highest BCUT2D eigenvalue weighted by Crippen LogP contribution is 2.20. The molecule has 3 aromatic rings. The highest BCUT2D eigenvalue weighted by molar-refractivity contribution is 5.48. The third-order valence-corrected chi connectivity index (χ3v) is 4.57. The molecule has 0 heterocycles. The van der Waals surface area contributed by atoms with Gasteiger partial charge in [-0.1, -0.05) is 54.6 Å². The smallest absolute Gasteiger partial charge is 0.122 e. The summed E-state index contributed by atoms with van der Waals surface area (Å²) >= 11 is 0. The Morgan fingerprint density at radius 1 is 0.893 bits per heavy atom. The average Bonchev–Trinajstić information content (AvgIpc) is 2.73. The van der Waals surface area contributed by atoms with Crippen LogP contribution in [0.15, 0.2) is 78.9 Å². The number of aryl methyl sites for hydroxylation is 2. The average molecular weight is 376 g/mol. The van der Waals surface area contributed by atoms with Gasteiger partial charge in [0.05, 0.1) is 13.2 Å². The van der Waals surface area contributed by atoms with Gasteiger partial charge in [-0.25, -0.2) is 0 Å². The van der Waals surface area contributed by atoms with E-state index in [0.717, 1.165) is 42.1 Å². The predicted molar refractivity (Wildman–Crippen MR) is 116 cm³/mol. The standard InChI is InChI=1S/C25H29NO2/c1-20-10-6-7-16-25(20)28-21(2)19-26-23-14-8-15-24(18-23)27-17-9-13-22-11-4-3-5-12-22/h3-8,10-12,14-16,18,21,26H,9,13,17,19H2,1-2H3. The van der Waals surface area contributed by atoms with Crippen molar-refractivity contribution in [2.24, 2.45) is 0 Å². The van der Waals surface area contributed by atoms with Gasteiger partial charge in [0.1, 0.15) is 17.6 Å². The Bertz CT molecular complexity index is 848. The van der Waals surface area contributed by atoms with Crippen LogP contribution in [0.25, 0.3) is 0 Å². The maximum atomic E-state index is 6.02. The molecule has 1 atom stereocenters. The summed E-state index contributed by atoms with van der Waals surface area (Å²) in [7, 11) is 0. The summed E-state index contributed by atoms with van der Waals surface area (Å²) in [5, 5.41) is 3.44. The van der Waals surface area contributed by atoms with Crippen molar-refractivity contribution in [2.45, 2.75) is 32.8 Å². The lowest BCUT2D eigenvalue weighted by Gasteiger charge is -2.18. The number of hydrogen-bond acceptors (Lipinski definition) is 3. The highest BCUT2D eigenvalue weighted by atomic mass is 16.5. The van der Waals surface area contributed by atoms with Crippen LogP contribution in [0.2, 0.25) is 0 Å². The zero-order valence-corrected chi connectivity index (χ0v) is 16.7. The van der Waals surface area contributed by atoms with E-state index in [1.165, 1.54) is 5.56 Å². The normalized spacial score (nSPS) is 11.6. The lowest BCUT2D eigenvalue weighted by atomic mass is 10.1. The van der Waals surface area contributed by atoms with Crippen molar-refractivity contribution in [3.63, 3.8) is 0 Å². The van der Waals surface area contributed by atoms with E-state index in [9.17, 15) is 0 Å². The molecule has 0 aliphatic heterocycles. The van der Waals surface area contributed by atoms with Gasteiger partial charge in [-0.2, -0.15) is 0 Å². The van der Waals surface area contributed by atoms with Crippen LogP contribution in [-0.2, 0) is 6.42 Å². The fourth-order valence-corrected chi connectivity index (χ4v) is 3.02. The molecule has 146 valence electrons. The Morgan fingerprint density at radius 2 is 1.68 bits per heavy atom. The number of hydrogen-bond donors (Lipinski definition) is 1. The van der Waals surface area contributed by atoms with Crippen molar-refractivity contribution in [1.82, 2.24) is 0 Å². The van der Waals surface area contributed by atoms with Crippen molar-refractivity contribution in [3.05, 3.63) is 90.0 Å². The van der Waals surface area contributed by atoms with Crippen LogP contribution in [0.3, 0.4) is 0 Å². The molecule has 0 aromatic heterocycles. The maximum absolute atomic E-state index is 6.02. The molecule has 0 aliphatic carbocycles. The van der Waals surface area contributed by atoms with Crippen molar-refractivity contribution in [1.29, 1.82) is 0 Å². The molecular formula is C25H29NO2. The molecule has 28 heavy (non-hydrogen) atoms. The minimum Gasteiger partial charge on any atom is -0.494 e. The summed E-state index contributed by atoms with van der Waals surface area (Å²) in [6.45, 7) is 5.58. The molecular weight excluding hydrogens is 346 g/mol. The number of benzene rings is 3. The van der Waals surface area contributed by atoms with Gasteiger partial charge in [-0.05, 0) is 56.0 Å². The number of anilines is 1. The van der Waals surface area contributed by atoms with Crippen LogP contribution >= 0.6 is 0 Å². The second-order valence-corrected chi connectivity index (χ2v) is 7.04. The molecule has 3 nitrogen and oxygen atoms in total. The summed E-state index contributed by atoms with van der Waals surface area (Å²) in [5.74, 6) is 1.83. The van der Waals surface area contributed by atoms with Crippen LogP contribution in [0.1, 0.15) is 24.5 Å². The molecule has 0 saturated heterocycles. The third kappa shape index (κ3) is 6.34. The Kier molecular flexibility index (Phi) is 7.36. The Labute approximate surface area is 168 Å². The predicted octanol–water partition coefficient (Wildman–Crippen LogP) is 5.89. The molecule has 3 rings (SSSR count). The molecule has 0 radical (unpaired) electrons. The third-order valence-electron chi connectivity index (χ3n) is 4.57. The fourth-order valence-electron chi connectivity index (χ4n) is 3.02. The van der Waals surface area contributed by atoms with Gasteiger partial charge in [0, 0.05) is 11.8 Å². The summed E-state index contributed by atoms with van der Waals surface area (Å²) in [6.07, 6.45) is 2.10. The number of para-hydroxylation sites is 1. The van der Waals surface area contributed by atoms with E-state index >= 15 is 0 Å². The molecule has 0 saturated carbocycles. The van der Waals surface area contributed by atoms with Gasteiger partial charge in [0.25, 0.3) is 0 Å². The lowest BCUT2D eigenvalue weighted by Crippen LogP contribution is -2.23. The molecule has 1 N–H and O–H groups in total. The van der Waals surface area contributed by atoms with Crippen LogP contribution in [0.4, 0.5) is 5.69 Å². The zero-order valence-electron chi connectivity index (χ0n) is 16.7. The van der Waals surface area contributed by atoms with E-state index in [1.54, 1.807) is 0 Å². The van der Waals surface area contributed by atoms with Crippen LogP contribution in [0.5, 0.6) is 11.5 Å². The van der Waals surface area contributed by atoms with Crippen molar-refractivity contribution in [2.75, 3.05) is 18.5 Å². The van der Waals surface area contributed by atoms with E-state index in [2.05, 4.69) is 55.6 Å². The first-order valence-corrected chi connectivity index (χ1v) is 9.93. The molecule has 0 amide bonds. The Balaban J connectivity index is 1.42. The molecule has 1 unspecified atom stereocenters. The molecule has 0 bridgehead atoms. The van der Waals surface area contributed by atoms with Crippen molar-refractivity contribution in [3.8, 4) is 11.5 Å². The molecule has 3 heteroatoms. The van der Waals surface area contributed by atoms with Gasteiger partial charge < -0.3 is 14.8 Å². The first-order chi connectivity index (χ1) is 13.7. The number of ether oxygens (including phenoxy) is 2. The minimum absolute atomic E-state index is 0.0662. The summed E-state index contributed by atoms with van der Waals surface area (Å²) < 4.78 is 11.9. The second kappa shape index (κ2) is 10.4. The van der Waals surface area contributed by atoms with Gasteiger partial charge in [-0.3, -0.25) is 0 Å². The van der Waals surface area contributed by atoms with Crippen molar-refractivity contribution < 1.29 is 9.47 Å². The Morgan fingerprint density at radius 3 is 2.50 bits per heavy atom. The summed E-state index contributed by atoms with van der Waals surface area (Å²) in [6, 6.07) is 26.7. The number of rotatable bonds is 10. The maximum Gasteiger partial charge on any atom is 0.122 e. The van der Waals surface area contributed by atoms with E-state index in [0.29, 0.717) is 6.61 Å². The largest absolute Gasteiger partial charge is 0.494 e. The Hall–Kier alpha value is -2.94. The molecule has 0 aliphatic rings. The van der Waals surface area contributed by atoms with Crippen LogP contribution < -0.4 is 14.8 Å². The molecule has 0 fully saturated rings. The second-order valence-electron chi connectivity index (χ2n) is 7.04. The van der Waals surface area contributed by atoms with Crippen LogP contribution in [-0.4, -0.2) is 19.3 Å². The van der Waals surface area contributed by atoms with E-state index in [4.69, 9.17) is 9.47 Å². The van der Waals surface area contributed by atoms with Gasteiger partial charge in [0.2, 0.25) is 0 Å². The van der Waals surface area contributed by atoms with Crippen molar-refractivity contribution >= 4 is 5.69 Å². The SMILES string of the molecule is Cc1ccccc1OC(C)CNc1cccc(OCCCc2ccccc2)c1. The lowest BCUT2D eigenvalue weighted by molar-refractivity contribution is 0.233. The van der Waals surface area contributed by atoms with E-state index in [1.807, 2.05) is 42.5 Å². The van der Waals surface area contributed by atoms with Gasteiger partial charge in [0.15, 0.2) is 0 Å². The van der Waals surface area contributed by atoms with E-state index in [-0.39, 0.29) is 6.10 Å². The quantitative estimate of drug-likeness (QED) is 0.448. The van der Waals surface area contributed by atoms with Crippen LogP contribution in [0, 0.1) is 6.92 Å². The van der Waals surface area contributed by atoms with Gasteiger partial charge in [-0.15, -0.1) is 0 Å². The van der Waals surface area contributed by atoms with E-state index < -0.39 is 0 Å². The first kappa shape index (κ1) is 19.8. The highest BCUT2D eigenvalue weighted by Gasteiger charge is 2.06. The minimum atomic E-state index is 0.0662. The van der Waals surface area contributed by atoms with Gasteiger partial charge >= 0.3 is 0 Å². The number of nitrogens with one attached hydrogen (secondary N) is 1. The summed E-state index contributed by atoms with van der Waals surface area (Å²) in [5.41, 5.74) is 3.55. The monoisotopic (exact) mass is 375 g/mol. The summed E-state index contributed by atoms with van der Waals surface area (Å²) in [4.78, 5) is 0. The topological polar surface area (TPSA) is 30.5 Å². The zero-order chi connectivity index (χ0) is 19.6. The first-order valence-electron chi connectivity index (χ1n) is 9.93. The molecule has 3 aromatic carbocycles. The molecule has 0 spiro atoms.